The Bertz CT molecular complexity index is 504. The third kappa shape index (κ3) is 2.92. The summed E-state index contributed by atoms with van der Waals surface area (Å²) < 4.78 is 0. The van der Waals surface area contributed by atoms with E-state index in [-0.39, 0.29) is 0 Å². The lowest BCUT2D eigenvalue weighted by Crippen LogP contribution is -2.04. The van der Waals surface area contributed by atoms with Gasteiger partial charge in [-0.1, -0.05) is 38.1 Å². The van der Waals surface area contributed by atoms with Crippen LogP contribution < -0.4 is 0 Å². The number of nitrogens with zero attached hydrogens (tertiary/aromatic N) is 4. The Kier molecular flexibility index (Phi) is 3.72. The second-order valence-electron chi connectivity index (χ2n) is 4.74. The van der Waals surface area contributed by atoms with E-state index in [1.54, 1.807) is 7.05 Å². The number of aliphatic hydroxyl groups is 1. The van der Waals surface area contributed by atoms with Gasteiger partial charge in [-0.05, 0) is 22.3 Å². The molecule has 1 N–H and O–H groups in total. The number of tetrazole rings is 1. The fourth-order valence-electron chi connectivity index (χ4n) is 1.80. The summed E-state index contributed by atoms with van der Waals surface area (Å²) in [5, 5.41) is 21.8. The molecule has 0 aliphatic carbocycles. The summed E-state index contributed by atoms with van der Waals surface area (Å²) in [4.78, 5) is 1.39. The lowest BCUT2D eigenvalue weighted by molar-refractivity contribution is 0.175. The average molecular weight is 246 g/mol. The molecule has 5 nitrogen and oxygen atoms in total. The molecular weight excluding hydrogens is 228 g/mol. The first kappa shape index (κ1) is 12.7. The van der Waals surface area contributed by atoms with E-state index in [1.165, 1.54) is 10.4 Å². The van der Waals surface area contributed by atoms with Gasteiger partial charge in [-0.15, -0.1) is 10.2 Å². The van der Waals surface area contributed by atoms with Crippen molar-refractivity contribution in [3.63, 3.8) is 0 Å². The predicted molar refractivity (Wildman–Crippen MR) is 68.0 cm³/mol. The fraction of sp³-hybridized carbons (Fsp3) is 0.462. The zero-order chi connectivity index (χ0) is 13.1. The van der Waals surface area contributed by atoms with Crippen molar-refractivity contribution in [1.82, 2.24) is 20.2 Å². The van der Waals surface area contributed by atoms with E-state index in [1.807, 2.05) is 24.3 Å². The van der Waals surface area contributed by atoms with Crippen LogP contribution in [0.2, 0.25) is 0 Å². The van der Waals surface area contributed by atoms with Crippen LogP contribution in [0.4, 0.5) is 0 Å². The van der Waals surface area contributed by atoms with Crippen LogP contribution in [0.5, 0.6) is 0 Å². The summed E-state index contributed by atoms with van der Waals surface area (Å²) in [6.07, 6.45) is -0.204. The normalized spacial score (nSPS) is 12.9. The van der Waals surface area contributed by atoms with Gasteiger partial charge in [-0.3, -0.25) is 0 Å². The highest BCUT2D eigenvalue weighted by Gasteiger charge is 2.12. The van der Waals surface area contributed by atoms with E-state index in [4.69, 9.17) is 0 Å². The zero-order valence-electron chi connectivity index (χ0n) is 10.9. The van der Waals surface area contributed by atoms with Gasteiger partial charge in [0.25, 0.3) is 0 Å². The molecule has 0 spiro atoms. The van der Waals surface area contributed by atoms with Gasteiger partial charge in [0.05, 0.1) is 13.2 Å². The van der Waals surface area contributed by atoms with Gasteiger partial charge in [0, 0.05) is 6.42 Å². The van der Waals surface area contributed by atoms with Gasteiger partial charge in [-0.25, -0.2) is 0 Å². The quantitative estimate of drug-likeness (QED) is 0.890. The lowest BCUT2D eigenvalue weighted by Gasteiger charge is -2.11. The Labute approximate surface area is 106 Å². The topological polar surface area (TPSA) is 63.8 Å². The molecule has 0 bridgehead atoms. The van der Waals surface area contributed by atoms with E-state index in [0.29, 0.717) is 18.2 Å². The molecular formula is C13H18N4O. The van der Waals surface area contributed by atoms with Crippen molar-refractivity contribution in [3.8, 4) is 0 Å². The van der Waals surface area contributed by atoms with Crippen molar-refractivity contribution in [1.29, 1.82) is 0 Å². The van der Waals surface area contributed by atoms with Crippen molar-refractivity contribution in [2.45, 2.75) is 32.3 Å². The van der Waals surface area contributed by atoms with Crippen LogP contribution >= 0.6 is 0 Å². The van der Waals surface area contributed by atoms with Gasteiger partial charge in [0.2, 0.25) is 0 Å². The van der Waals surface area contributed by atoms with E-state index in [0.717, 1.165) is 5.56 Å². The fourth-order valence-corrected chi connectivity index (χ4v) is 1.80. The molecule has 2 aromatic rings. The molecule has 1 unspecified atom stereocenters. The number of aliphatic hydroxyl groups excluding tert-OH is 1. The van der Waals surface area contributed by atoms with Gasteiger partial charge < -0.3 is 5.11 Å². The highest BCUT2D eigenvalue weighted by Crippen LogP contribution is 2.20. The Morgan fingerprint density at radius 2 is 1.78 bits per heavy atom. The summed E-state index contributed by atoms with van der Waals surface area (Å²) in [6.45, 7) is 4.30. The summed E-state index contributed by atoms with van der Waals surface area (Å²) >= 11 is 0. The number of aromatic nitrogens is 4. The molecule has 5 heteroatoms. The highest BCUT2D eigenvalue weighted by molar-refractivity contribution is 5.26. The van der Waals surface area contributed by atoms with E-state index < -0.39 is 6.10 Å². The maximum absolute atomic E-state index is 10.1. The molecule has 0 saturated carbocycles. The highest BCUT2D eigenvalue weighted by atomic mass is 16.3. The van der Waals surface area contributed by atoms with Crippen molar-refractivity contribution < 1.29 is 5.11 Å². The van der Waals surface area contributed by atoms with Crippen LogP contribution in [0, 0.1) is 0 Å². The third-order valence-corrected chi connectivity index (χ3v) is 2.91. The van der Waals surface area contributed by atoms with E-state index >= 15 is 0 Å². The minimum absolute atomic E-state index is 0.384. The second kappa shape index (κ2) is 5.27. The molecule has 1 aromatic heterocycles. The molecule has 2 rings (SSSR count). The zero-order valence-corrected chi connectivity index (χ0v) is 10.9. The van der Waals surface area contributed by atoms with Crippen molar-refractivity contribution >= 4 is 0 Å². The van der Waals surface area contributed by atoms with Gasteiger partial charge >= 0.3 is 0 Å². The molecule has 96 valence electrons. The summed E-state index contributed by atoms with van der Waals surface area (Å²) in [7, 11) is 1.71. The van der Waals surface area contributed by atoms with Crippen LogP contribution in [-0.4, -0.2) is 25.3 Å². The monoisotopic (exact) mass is 246 g/mol. The van der Waals surface area contributed by atoms with Crippen LogP contribution in [-0.2, 0) is 13.5 Å². The Hall–Kier alpha value is -1.75. The molecule has 1 heterocycles. The summed E-state index contributed by atoms with van der Waals surface area (Å²) in [6, 6.07) is 8.01. The van der Waals surface area contributed by atoms with Crippen LogP contribution in [0.25, 0.3) is 0 Å². The molecule has 0 aliphatic heterocycles. The van der Waals surface area contributed by atoms with Crippen LogP contribution in [0.1, 0.15) is 42.8 Å². The second-order valence-corrected chi connectivity index (χ2v) is 4.74. The number of benzene rings is 1. The van der Waals surface area contributed by atoms with E-state index in [2.05, 4.69) is 29.3 Å². The first-order chi connectivity index (χ1) is 8.56. The molecule has 0 amide bonds. The number of hydrogen-bond donors (Lipinski definition) is 1. The third-order valence-electron chi connectivity index (χ3n) is 2.91. The summed E-state index contributed by atoms with van der Waals surface area (Å²) in [5.74, 6) is 1.05. The maximum atomic E-state index is 10.1. The first-order valence-corrected chi connectivity index (χ1v) is 6.07. The Morgan fingerprint density at radius 1 is 1.17 bits per heavy atom. The summed E-state index contributed by atoms with van der Waals surface area (Å²) in [5.41, 5.74) is 2.15. The van der Waals surface area contributed by atoms with Crippen molar-refractivity contribution in [2.24, 2.45) is 7.05 Å². The maximum Gasteiger partial charge on any atom is 0.177 e. The van der Waals surface area contributed by atoms with E-state index in [9.17, 15) is 5.11 Å². The average Bonchev–Trinajstić information content (AvgIpc) is 2.75. The van der Waals surface area contributed by atoms with Gasteiger partial charge in [-0.2, -0.15) is 4.80 Å². The molecule has 0 saturated heterocycles. The smallest absolute Gasteiger partial charge is 0.177 e. The number of rotatable bonds is 4. The first-order valence-electron chi connectivity index (χ1n) is 6.07. The number of hydrogen-bond acceptors (Lipinski definition) is 4. The molecule has 1 aromatic carbocycles. The lowest BCUT2D eigenvalue weighted by atomic mass is 9.99. The molecule has 0 radical (unpaired) electrons. The minimum atomic E-state index is -0.588. The molecule has 0 fully saturated rings. The number of aryl methyl sites for hydroxylation is 1. The van der Waals surface area contributed by atoms with Gasteiger partial charge in [0.1, 0.15) is 0 Å². The van der Waals surface area contributed by atoms with Crippen molar-refractivity contribution in [3.05, 3.63) is 41.2 Å². The molecule has 1 atom stereocenters. The standard InChI is InChI=1S/C13H18N4O/c1-9(2)10-4-6-11(7-5-10)12(18)8-13-14-16-17(3)15-13/h4-7,9,12,18H,8H2,1-3H3. The molecule has 0 aliphatic rings. The Balaban J connectivity index is 2.06. The van der Waals surface area contributed by atoms with Crippen molar-refractivity contribution in [2.75, 3.05) is 0 Å². The van der Waals surface area contributed by atoms with Crippen LogP contribution in [0.15, 0.2) is 24.3 Å². The predicted octanol–water partition coefficient (Wildman–Crippen LogP) is 1.61. The molecule has 18 heavy (non-hydrogen) atoms. The van der Waals surface area contributed by atoms with Gasteiger partial charge in [0.15, 0.2) is 5.82 Å². The SMILES string of the molecule is CC(C)c1ccc(C(O)Cc2nnn(C)n2)cc1. The Morgan fingerprint density at radius 3 is 2.28 bits per heavy atom. The van der Waals surface area contributed by atoms with Crippen LogP contribution in [0.3, 0.4) is 0 Å². The minimum Gasteiger partial charge on any atom is -0.388 e. The largest absolute Gasteiger partial charge is 0.388 e.